The number of para-hydroxylation sites is 1. The van der Waals surface area contributed by atoms with Gasteiger partial charge in [-0.15, -0.1) is 5.10 Å². The normalized spacial score (nSPS) is 11.7. The molecule has 0 fully saturated rings. The number of hydrogen-bond donors (Lipinski definition) is 1. The van der Waals surface area contributed by atoms with Gasteiger partial charge in [0.15, 0.2) is 11.8 Å². The van der Waals surface area contributed by atoms with Gasteiger partial charge in [0, 0.05) is 5.69 Å². The first kappa shape index (κ1) is 18.2. The van der Waals surface area contributed by atoms with E-state index in [0.717, 1.165) is 0 Å². The van der Waals surface area contributed by atoms with E-state index >= 15 is 0 Å². The van der Waals surface area contributed by atoms with E-state index in [1.165, 1.54) is 36.0 Å². The summed E-state index contributed by atoms with van der Waals surface area (Å²) in [7, 11) is 0. The quantitative estimate of drug-likeness (QED) is 0.700. The van der Waals surface area contributed by atoms with Gasteiger partial charge in [-0.2, -0.15) is 9.90 Å². The standard InChI is InChI=1S/C19H17FN4O3/c1-12-17(23-24(22-12)16-9-4-3-5-10-16)19(26)27-13(2)18(25)21-15-8-6-7-14(20)11-15/h3-11,13H,1-2H3,(H,21,25)/t13-/m1/s1. The number of anilines is 1. The minimum absolute atomic E-state index is 0.0178. The topological polar surface area (TPSA) is 86.1 Å². The number of esters is 1. The molecule has 2 aromatic carbocycles. The maximum absolute atomic E-state index is 13.2. The summed E-state index contributed by atoms with van der Waals surface area (Å²) in [6.07, 6.45) is -1.10. The van der Waals surface area contributed by atoms with Gasteiger partial charge in [0.1, 0.15) is 5.82 Å². The summed E-state index contributed by atoms with van der Waals surface area (Å²) in [5, 5.41) is 10.8. The van der Waals surface area contributed by atoms with E-state index in [4.69, 9.17) is 4.74 Å². The number of benzene rings is 2. The molecule has 1 atom stereocenters. The number of ether oxygens (including phenoxy) is 1. The first-order valence-electron chi connectivity index (χ1n) is 8.21. The van der Waals surface area contributed by atoms with Gasteiger partial charge in [-0.1, -0.05) is 24.3 Å². The van der Waals surface area contributed by atoms with Crippen molar-refractivity contribution in [3.63, 3.8) is 0 Å². The van der Waals surface area contributed by atoms with Crippen LogP contribution in [-0.2, 0) is 9.53 Å². The molecule has 1 aromatic heterocycles. The van der Waals surface area contributed by atoms with Crippen molar-refractivity contribution in [2.75, 3.05) is 5.32 Å². The molecule has 3 rings (SSSR count). The van der Waals surface area contributed by atoms with Gasteiger partial charge in [-0.05, 0) is 44.2 Å². The van der Waals surface area contributed by atoms with Crippen molar-refractivity contribution in [1.29, 1.82) is 0 Å². The Morgan fingerprint density at radius 2 is 1.85 bits per heavy atom. The second-order valence-electron chi connectivity index (χ2n) is 5.81. The van der Waals surface area contributed by atoms with Gasteiger partial charge in [-0.3, -0.25) is 4.79 Å². The van der Waals surface area contributed by atoms with E-state index in [1.807, 2.05) is 18.2 Å². The Hall–Kier alpha value is -3.55. The van der Waals surface area contributed by atoms with Crippen LogP contribution >= 0.6 is 0 Å². The SMILES string of the molecule is Cc1nn(-c2ccccc2)nc1C(=O)O[C@H](C)C(=O)Nc1cccc(F)c1. The minimum Gasteiger partial charge on any atom is -0.448 e. The molecule has 8 heteroatoms. The van der Waals surface area contributed by atoms with Crippen LogP contribution in [-0.4, -0.2) is 33.0 Å². The van der Waals surface area contributed by atoms with Crippen LogP contribution in [0.25, 0.3) is 5.69 Å². The zero-order chi connectivity index (χ0) is 19.4. The predicted molar refractivity (Wildman–Crippen MR) is 96.0 cm³/mol. The third kappa shape index (κ3) is 4.35. The third-order valence-electron chi connectivity index (χ3n) is 3.71. The van der Waals surface area contributed by atoms with Crippen molar-refractivity contribution in [3.05, 3.63) is 71.8 Å². The first-order valence-corrected chi connectivity index (χ1v) is 8.21. The summed E-state index contributed by atoms with van der Waals surface area (Å²) in [5.41, 5.74) is 1.36. The van der Waals surface area contributed by atoms with E-state index in [-0.39, 0.29) is 11.4 Å². The predicted octanol–water partition coefficient (Wildman–Crippen LogP) is 2.90. The Kier molecular flexibility index (Phi) is 5.25. The summed E-state index contributed by atoms with van der Waals surface area (Å²) in [6, 6.07) is 14.5. The van der Waals surface area contributed by atoms with Crippen LogP contribution in [0.5, 0.6) is 0 Å². The molecule has 0 aliphatic rings. The van der Waals surface area contributed by atoms with Gasteiger partial charge in [0.25, 0.3) is 5.91 Å². The van der Waals surface area contributed by atoms with Crippen LogP contribution in [0.1, 0.15) is 23.1 Å². The van der Waals surface area contributed by atoms with Crippen LogP contribution < -0.4 is 5.32 Å². The fraction of sp³-hybridized carbons (Fsp3) is 0.158. The largest absolute Gasteiger partial charge is 0.448 e. The summed E-state index contributed by atoms with van der Waals surface area (Å²) >= 11 is 0. The number of halogens is 1. The zero-order valence-corrected chi connectivity index (χ0v) is 14.7. The highest BCUT2D eigenvalue weighted by atomic mass is 19.1. The number of carbonyl (C=O) groups excluding carboxylic acids is 2. The summed E-state index contributed by atoms with van der Waals surface area (Å²) < 4.78 is 18.4. The number of aromatic nitrogens is 3. The van der Waals surface area contributed by atoms with Gasteiger partial charge in [-0.25, -0.2) is 9.18 Å². The summed E-state index contributed by atoms with van der Waals surface area (Å²) in [5.74, 6) is -1.83. The molecule has 0 saturated carbocycles. The molecule has 1 amide bonds. The van der Waals surface area contributed by atoms with Gasteiger partial charge < -0.3 is 10.1 Å². The molecule has 0 radical (unpaired) electrons. The van der Waals surface area contributed by atoms with Crippen LogP contribution in [0.15, 0.2) is 54.6 Å². The maximum atomic E-state index is 13.2. The van der Waals surface area contributed by atoms with E-state index in [2.05, 4.69) is 15.5 Å². The van der Waals surface area contributed by atoms with Crippen LogP contribution in [0.3, 0.4) is 0 Å². The van der Waals surface area contributed by atoms with E-state index in [1.54, 1.807) is 19.1 Å². The molecule has 0 bridgehead atoms. The average molecular weight is 368 g/mol. The smallest absolute Gasteiger partial charge is 0.361 e. The van der Waals surface area contributed by atoms with Gasteiger partial charge in [0.2, 0.25) is 0 Å². The number of carbonyl (C=O) groups is 2. The van der Waals surface area contributed by atoms with E-state index < -0.39 is 23.8 Å². The highest BCUT2D eigenvalue weighted by molar-refractivity contribution is 5.97. The lowest BCUT2D eigenvalue weighted by atomic mass is 10.3. The summed E-state index contributed by atoms with van der Waals surface area (Å²) in [4.78, 5) is 25.8. The van der Waals surface area contributed by atoms with Crippen molar-refractivity contribution >= 4 is 17.6 Å². The first-order chi connectivity index (χ1) is 12.9. The molecule has 0 aliphatic heterocycles. The highest BCUT2D eigenvalue weighted by Crippen LogP contribution is 2.12. The highest BCUT2D eigenvalue weighted by Gasteiger charge is 2.23. The molecule has 27 heavy (non-hydrogen) atoms. The van der Waals surface area contributed by atoms with E-state index in [0.29, 0.717) is 11.4 Å². The number of amides is 1. The number of nitrogens with zero attached hydrogens (tertiary/aromatic N) is 3. The molecular weight excluding hydrogens is 351 g/mol. The van der Waals surface area contributed by atoms with Crippen molar-refractivity contribution < 1.29 is 18.7 Å². The molecule has 1 heterocycles. The van der Waals surface area contributed by atoms with Crippen LogP contribution in [0, 0.1) is 12.7 Å². The van der Waals surface area contributed by atoms with E-state index in [9.17, 15) is 14.0 Å². The number of rotatable bonds is 5. The molecule has 3 aromatic rings. The zero-order valence-electron chi connectivity index (χ0n) is 14.7. The van der Waals surface area contributed by atoms with Crippen molar-refractivity contribution in [3.8, 4) is 5.69 Å². The third-order valence-corrected chi connectivity index (χ3v) is 3.71. The Balaban J connectivity index is 1.68. The maximum Gasteiger partial charge on any atom is 0.361 e. The van der Waals surface area contributed by atoms with Crippen LogP contribution in [0.4, 0.5) is 10.1 Å². The lowest BCUT2D eigenvalue weighted by molar-refractivity contribution is -0.123. The molecule has 0 spiro atoms. The monoisotopic (exact) mass is 368 g/mol. The molecule has 7 nitrogen and oxygen atoms in total. The molecule has 0 saturated heterocycles. The van der Waals surface area contributed by atoms with Crippen molar-refractivity contribution in [2.45, 2.75) is 20.0 Å². The number of nitrogens with one attached hydrogen (secondary N) is 1. The molecular formula is C19H17FN4O3. The Bertz CT molecular complexity index is 972. The van der Waals surface area contributed by atoms with Crippen molar-refractivity contribution in [2.24, 2.45) is 0 Å². The van der Waals surface area contributed by atoms with Gasteiger partial charge >= 0.3 is 5.97 Å². The fourth-order valence-electron chi connectivity index (χ4n) is 2.32. The second-order valence-corrected chi connectivity index (χ2v) is 5.81. The molecule has 1 N–H and O–H groups in total. The Morgan fingerprint density at radius 3 is 2.56 bits per heavy atom. The number of aryl methyl sites for hydroxylation is 1. The number of hydrogen-bond acceptors (Lipinski definition) is 5. The van der Waals surface area contributed by atoms with Crippen LogP contribution in [0.2, 0.25) is 0 Å². The van der Waals surface area contributed by atoms with Crippen molar-refractivity contribution in [1.82, 2.24) is 15.0 Å². The lowest BCUT2D eigenvalue weighted by Gasteiger charge is -2.12. The molecule has 0 unspecified atom stereocenters. The molecule has 138 valence electrons. The Morgan fingerprint density at radius 1 is 1.11 bits per heavy atom. The summed E-state index contributed by atoms with van der Waals surface area (Å²) in [6.45, 7) is 3.05. The second kappa shape index (κ2) is 7.77. The average Bonchev–Trinajstić information content (AvgIpc) is 3.04. The minimum atomic E-state index is -1.10. The fourth-order valence-corrected chi connectivity index (χ4v) is 2.32. The Labute approximate surface area is 154 Å². The van der Waals surface area contributed by atoms with Gasteiger partial charge in [0.05, 0.1) is 11.4 Å². The lowest BCUT2D eigenvalue weighted by Crippen LogP contribution is -2.30. The molecule has 0 aliphatic carbocycles.